The minimum atomic E-state index is 0.702. The van der Waals surface area contributed by atoms with Crippen LogP contribution in [0.3, 0.4) is 0 Å². The standard InChI is InChI=1S/C13H19N5O/c1-2-7-18-12(4-1)15-13(16-18)14-5-3-6-17-8-10-19-11-9-17/h1-2,4,7H,3,5-6,8-11H2,(H,14,16). The van der Waals surface area contributed by atoms with Crippen LogP contribution in [0, 0.1) is 0 Å². The second-order valence-corrected chi connectivity index (χ2v) is 4.67. The van der Waals surface area contributed by atoms with Gasteiger partial charge in [-0.2, -0.15) is 4.98 Å². The van der Waals surface area contributed by atoms with Gasteiger partial charge in [-0.1, -0.05) is 6.07 Å². The molecule has 1 aliphatic rings. The largest absolute Gasteiger partial charge is 0.379 e. The van der Waals surface area contributed by atoms with E-state index in [1.54, 1.807) is 4.52 Å². The molecule has 1 saturated heterocycles. The summed E-state index contributed by atoms with van der Waals surface area (Å²) in [6, 6.07) is 5.86. The highest BCUT2D eigenvalue weighted by atomic mass is 16.5. The van der Waals surface area contributed by atoms with Crippen LogP contribution in [0.25, 0.3) is 5.65 Å². The zero-order valence-corrected chi connectivity index (χ0v) is 11.0. The van der Waals surface area contributed by atoms with Crippen molar-refractivity contribution in [2.45, 2.75) is 6.42 Å². The minimum Gasteiger partial charge on any atom is -0.379 e. The quantitative estimate of drug-likeness (QED) is 0.809. The zero-order valence-electron chi connectivity index (χ0n) is 11.0. The van der Waals surface area contributed by atoms with Crippen LogP contribution in [0.5, 0.6) is 0 Å². The molecule has 0 unspecified atom stereocenters. The lowest BCUT2D eigenvalue weighted by Gasteiger charge is -2.26. The van der Waals surface area contributed by atoms with Gasteiger partial charge >= 0.3 is 0 Å². The van der Waals surface area contributed by atoms with Crippen molar-refractivity contribution in [3.05, 3.63) is 24.4 Å². The maximum Gasteiger partial charge on any atom is 0.243 e. The van der Waals surface area contributed by atoms with Crippen molar-refractivity contribution in [2.75, 3.05) is 44.7 Å². The fourth-order valence-electron chi connectivity index (χ4n) is 2.23. The molecule has 0 saturated carbocycles. The Morgan fingerprint density at radius 3 is 3.00 bits per heavy atom. The molecule has 0 spiro atoms. The highest BCUT2D eigenvalue weighted by Gasteiger charge is 2.09. The van der Waals surface area contributed by atoms with Crippen molar-refractivity contribution in [1.29, 1.82) is 0 Å². The first-order valence-corrected chi connectivity index (χ1v) is 6.77. The summed E-state index contributed by atoms with van der Waals surface area (Å²) in [5, 5.41) is 7.63. The lowest BCUT2D eigenvalue weighted by atomic mass is 10.3. The summed E-state index contributed by atoms with van der Waals surface area (Å²) in [6.45, 7) is 5.82. The van der Waals surface area contributed by atoms with E-state index in [1.165, 1.54) is 0 Å². The highest BCUT2D eigenvalue weighted by molar-refractivity contribution is 5.42. The van der Waals surface area contributed by atoms with Crippen molar-refractivity contribution in [1.82, 2.24) is 19.5 Å². The number of fused-ring (bicyclic) bond motifs is 1. The third-order valence-electron chi connectivity index (χ3n) is 3.28. The first kappa shape index (κ1) is 12.4. The van der Waals surface area contributed by atoms with E-state index in [0.717, 1.165) is 51.5 Å². The van der Waals surface area contributed by atoms with Gasteiger partial charge in [0.05, 0.1) is 13.2 Å². The molecule has 6 nitrogen and oxygen atoms in total. The van der Waals surface area contributed by atoms with Crippen LogP contribution in [-0.2, 0) is 4.74 Å². The lowest BCUT2D eigenvalue weighted by Crippen LogP contribution is -2.37. The topological polar surface area (TPSA) is 54.7 Å². The Labute approximate surface area is 112 Å². The Morgan fingerprint density at radius 2 is 2.16 bits per heavy atom. The molecule has 19 heavy (non-hydrogen) atoms. The molecule has 0 atom stereocenters. The number of nitrogens with zero attached hydrogens (tertiary/aromatic N) is 4. The molecule has 3 rings (SSSR count). The summed E-state index contributed by atoms with van der Waals surface area (Å²) in [5.74, 6) is 0.702. The second kappa shape index (κ2) is 5.99. The van der Waals surface area contributed by atoms with E-state index in [0.29, 0.717) is 5.95 Å². The number of aromatic nitrogens is 3. The van der Waals surface area contributed by atoms with Crippen molar-refractivity contribution >= 4 is 11.6 Å². The Balaban J connectivity index is 1.44. The number of ether oxygens (including phenoxy) is 1. The number of anilines is 1. The first-order chi connectivity index (χ1) is 9.42. The molecule has 1 N–H and O–H groups in total. The van der Waals surface area contributed by atoms with Gasteiger partial charge in [-0.25, -0.2) is 4.52 Å². The first-order valence-electron chi connectivity index (χ1n) is 6.77. The van der Waals surface area contributed by atoms with Crippen LogP contribution < -0.4 is 5.32 Å². The van der Waals surface area contributed by atoms with E-state index in [-0.39, 0.29) is 0 Å². The molecular weight excluding hydrogens is 242 g/mol. The van der Waals surface area contributed by atoms with Crippen LogP contribution in [0.15, 0.2) is 24.4 Å². The Bertz CT molecular complexity index is 487. The predicted molar refractivity (Wildman–Crippen MR) is 73.4 cm³/mol. The molecule has 1 aliphatic heterocycles. The molecule has 6 heteroatoms. The van der Waals surface area contributed by atoms with E-state index >= 15 is 0 Å². The van der Waals surface area contributed by atoms with Crippen molar-refractivity contribution in [2.24, 2.45) is 0 Å². The van der Waals surface area contributed by atoms with E-state index in [9.17, 15) is 0 Å². The number of rotatable bonds is 5. The molecule has 0 amide bonds. The Hall–Kier alpha value is -1.66. The number of morpholine rings is 1. The number of nitrogens with one attached hydrogen (secondary N) is 1. The number of hydrogen-bond donors (Lipinski definition) is 1. The van der Waals surface area contributed by atoms with E-state index in [2.05, 4.69) is 20.3 Å². The second-order valence-electron chi connectivity index (χ2n) is 4.67. The SMILES string of the molecule is c1ccn2nc(NCCCN3CCOCC3)nc2c1. The normalized spacial score (nSPS) is 16.8. The maximum absolute atomic E-state index is 5.33. The molecule has 2 aromatic heterocycles. The van der Waals surface area contributed by atoms with E-state index < -0.39 is 0 Å². The summed E-state index contributed by atoms with van der Waals surface area (Å²) in [7, 11) is 0. The lowest BCUT2D eigenvalue weighted by molar-refractivity contribution is 0.0378. The summed E-state index contributed by atoms with van der Waals surface area (Å²) < 4.78 is 7.11. The third-order valence-corrected chi connectivity index (χ3v) is 3.28. The molecule has 0 radical (unpaired) electrons. The summed E-state index contributed by atoms with van der Waals surface area (Å²) in [6.07, 6.45) is 3.00. The molecule has 0 aliphatic carbocycles. The van der Waals surface area contributed by atoms with Gasteiger partial charge in [-0.3, -0.25) is 4.90 Å². The van der Waals surface area contributed by atoms with Gasteiger partial charge in [-0.05, 0) is 25.1 Å². The molecule has 102 valence electrons. The van der Waals surface area contributed by atoms with Crippen LogP contribution in [0.4, 0.5) is 5.95 Å². The highest BCUT2D eigenvalue weighted by Crippen LogP contribution is 2.04. The Kier molecular flexibility index (Phi) is 3.90. The molecule has 0 aromatic carbocycles. The van der Waals surface area contributed by atoms with Crippen LogP contribution in [-0.4, -0.2) is 58.9 Å². The summed E-state index contributed by atoms with van der Waals surface area (Å²) in [4.78, 5) is 6.84. The molecule has 0 bridgehead atoms. The smallest absolute Gasteiger partial charge is 0.243 e. The Morgan fingerprint density at radius 1 is 1.26 bits per heavy atom. The monoisotopic (exact) mass is 261 g/mol. The fourth-order valence-corrected chi connectivity index (χ4v) is 2.23. The average Bonchev–Trinajstić information content (AvgIpc) is 2.87. The van der Waals surface area contributed by atoms with E-state index in [4.69, 9.17) is 4.74 Å². The molecule has 2 aromatic rings. The van der Waals surface area contributed by atoms with Crippen LogP contribution in [0.1, 0.15) is 6.42 Å². The fraction of sp³-hybridized carbons (Fsp3) is 0.538. The van der Waals surface area contributed by atoms with Crippen molar-refractivity contribution in [3.8, 4) is 0 Å². The predicted octanol–water partition coefficient (Wildman–Crippen LogP) is 0.863. The molecule has 3 heterocycles. The van der Waals surface area contributed by atoms with Gasteiger partial charge in [0.25, 0.3) is 0 Å². The van der Waals surface area contributed by atoms with Crippen molar-refractivity contribution < 1.29 is 4.74 Å². The van der Waals surface area contributed by atoms with Crippen LogP contribution >= 0.6 is 0 Å². The third kappa shape index (κ3) is 3.21. The van der Waals surface area contributed by atoms with Gasteiger partial charge < -0.3 is 10.1 Å². The molecular formula is C13H19N5O. The van der Waals surface area contributed by atoms with Gasteiger partial charge in [0.15, 0.2) is 5.65 Å². The maximum atomic E-state index is 5.33. The zero-order chi connectivity index (χ0) is 12.9. The van der Waals surface area contributed by atoms with E-state index in [1.807, 2.05) is 24.4 Å². The summed E-state index contributed by atoms with van der Waals surface area (Å²) in [5.41, 5.74) is 0.873. The molecule has 1 fully saturated rings. The van der Waals surface area contributed by atoms with Crippen molar-refractivity contribution in [3.63, 3.8) is 0 Å². The number of hydrogen-bond acceptors (Lipinski definition) is 5. The van der Waals surface area contributed by atoms with Gasteiger partial charge in [0, 0.05) is 25.8 Å². The van der Waals surface area contributed by atoms with Crippen LogP contribution in [0.2, 0.25) is 0 Å². The number of pyridine rings is 1. The minimum absolute atomic E-state index is 0.702. The average molecular weight is 261 g/mol. The summed E-state index contributed by atoms with van der Waals surface area (Å²) >= 11 is 0. The van der Waals surface area contributed by atoms with Gasteiger partial charge in [0.1, 0.15) is 0 Å². The van der Waals surface area contributed by atoms with Gasteiger partial charge in [-0.15, -0.1) is 5.10 Å². The van der Waals surface area contributed by atoms with Gasteiger partial charge in [0.2, 0.25) is 5.95 Å².